The minimum absolute atomic E-state index is 0.153. The molecule has 0 atom stereocenters. The van der Waals surface area contributed by atoms with Crippen LogP contribution in [0.5, 0.6) is 0 Å². The summed E-state index contributed by atoms with van der Waals surface area (Å²) < 4.78 is 25.5. The lowest BCUT2D eigenvalue weighted by Crippen LogP contribution is -2.27. The van der Waals surface area contributed by atoms with Gasteiger partial charge >= 0.3 is 0 Å². The number of rotatable bonds is 9. The molecule has 0 bridgehead atoms. The number of hydrogen-bond donors (Lipinski definition) is 2. The highest BCUT2D eigenvalue weighted by Gasteiger charge is 2.08. The van der Waals surface area contributed by atoms with E-state index in [1.807, 2.05) is 0 Å². The van der Waals surface area contributed by atoms with E-state index >= 15 is 0 Å². The van der Waals surface area contributed by atoms with Crippen LogP contribution in [-0.2, 0) is 16.4 Å². The zero-order chi connectivity index (χ0) is 12.6. The molecule has 0 amide bonds. The van der Waals surface area contributed by atoms with Crippen molar-refractivity contribution in [2.45, 2.75) is 25.7 Å². The Balaban J connectivity index is 2.12. The molecule has 0 aliphatic heterocycles. The SMILES string of the molecule is O=S(=O)(CCCCCl)NCCCc1ncc[nH]1. The van der Waals surface area contributed by atoms with E-state index in [9.17, 15) is 8.42 Å². The average Bonchev–Trinajstić information content (AvgIpc) is 2.77. The number of sulfonamides is 1. The Labute approximate surface area is 107 Å². The molecule has 0 saturated heterocycles. The largest absolute Gasteiger partial charge is 0.349 e. The first kappa shape index (κ1) is 14.5. The molecule has 0 aliphatic rings. The number of hydrogen-bond acceptors (Lipinski definition) is 3. The zero-order valence-corrected chi connectivity index (χ0v) is 11.2. The third-order valence-corrected chi connectivity index (χ3v) is 4.00. The second-order valence-corrected chi connectivity index (χ2v) is 6.05. The summed E-state index contributed by atoms with van der Waals surface area (Å²) in [6, 6.07) is 0. The van der Waals surface area contributed by atoms with Gasteiger partial charge in [0.2, 0.25) is 10.0 Å². The van der Waals surface area contributed by atoms with Gasteiger partial charge in [-0.2, -0.15) is 0 Å². The number of aryl methyl sites for hydroxylation is 1. The van der Waals surface area contributed by atoms with E-state index in [-0.39, 0.29) is 5.75 Å². The number of nitrogens with zero attached hydrogens (tertiary/aromatic N) is 1. The molecule has 0 fully saturated rings. The third-order valence-electron chi connectivity index (χ3n) is 2.26. The monoisotopic (exact) mass is 279 g/mol. The van der Waals surface area contributed by atoms with E-state index < -0.39 is 10.0 Å². The van der Waals surface area contributed by atoms with E-state index in [2.05, 4.69) is 14.7 Å². The molecule has 17 heavy (non-hydrogen) atoms. The van der Waals surface area contributed by atoms with Crippen LogP contribution in [0.4, 0.5) is 0 Å². The summed E-state index contributed by atoms with van der Waals surface area (Å²) in [4.78, 5) is 7.04. The lowest BCUT2D eigenvalue weighted by atomic mass is 10.3. The number of nitrogens with one attached hydrogen (secondary N) is 2. The smallest absolute Gasteiger partial charge is 0.211 e. The van der Waals surface area contributed by atoms with Crippen molar-refractivity contribution in [1.29, 1.82) is 0 Å². The van der Waals surface area contributed by atoms with Crippen molar-refractivity contribution in [2.75, 3.05) is 18.2 Å². The van der Waals surface area contributed by atoms with Gasteiger partial charge in [0, 0.05) is 31.2 Å². The lowest BCUT2D eigenvalue weighted by molar-refractivity contribution is 0.575. The number of aromatic amines is 1. The predicted octanol–water partition coefficient (Wildman–Crippen LogP) is 1.28. The van der Waals surface area contributed by atoms with Gasteiger partial charge in [0.05, 0.1) is 5.75 Å². The summed E-state index contributed by atoms with van der Waals surface area (Å²) in [5.74, 6) is 1.54. The molecule has 1 aromatic heterocycles. The number of unbranched alkanes of at least 4 members (excludes halogenated alkanes) is 1. The van der Waals surface area contributed by atoms with Crippen molar-refractivity contribution in [2.24, 2.45) is 0 Å². The van der Waals surface area contributed by atoms with Crippen LogP contribution in [0.25, 0.3) is 0 Å². The highest BCUT2D eigenvalue weighted by atomic mass is 35.5. The Morgan fingerprint density at radius 3 is 2.82 bits per heavy atom. The molecule has 5 nitrogen and oxygen atoms in total. The predicted molar refractivity (Wildman–Crippen MR) is 68.7 cm³/mol. The quantitative estimate of drug-likeness (QED) is 0.528. The van der Waals surface area contributed by atoms with Gasteiger partial charge in [-0.3, -0.25) is 0 Å². The standard InChI is InChI=1S/C10H18ClN3O2S/c11-5-1-2-9-17(15,16)14-6-3-4-10-12-7-8-13-10/h7-8,14H,1-6,9H2,(H,12,13). The van der Waals surface area contributed by atoms with Gasteiger partial charge in [0.25, 0.3) is 0 Å². The van der Waals surface area contributed by atoms with Crippen molar-refractivity contribution in [3.05, 3.63) is 18.2 Å². The molecule has 0 unspecified atom stereocenters. The summed E-state index contributed by atoms with van der Waals surface area (Å²) in [7, 11) is -3.13. The second kappa shape index (κ2) is 7.68. The number of imidazole rings is 1. The molecule has 7 heteroatoms. The number of alkyl halides is 1. The molecule has 0 aliphatic carbocycles. The summed E-state index contributed by atoms with van der Waals surface area (Å²) in [6.45, 7) is 0.448. The molecule has 2 N–H and O–H groups in total. The van der Waals surface area contributed by atoms with E-state index in [1.54, 1.807) is 12.4 Å². The maximum Gasteiger partial charge on any atom is 0.211 e. The molecule has 98 valence electrons. The maximum atomic E-state index is 11.5. The normalized spacial score (nSPS) is 11.8. The van der Waals surface area contributed by atoms with Crippen LogP contribution in [0.15, 0.2) is 12.4 Å². The highest BCUT2D eigenvalue weighted by Crippen LogP contribution is 1.98. The number of H-pyrrole nitrogens is 1. The summed E-state index contributed by atoms with van der Waals surface area (Å²) in [6.07, 6.45) is 6.27. The van der Waals surface area contributed by atoms with E-state index in [0.717, 1.165) is 25.1 Å². The van der Waals surface area contributed by atoms with Crippen LogP contribution in [0.1, 0.15) is 25.1 Å². The summed E-state index contributed by atoms with van der Waals surface area (Å²) in [5, 5.41) is 0. The van der Waals surface area contributed by atoms with Gasteiger partial charge < -0.3 is 4.98 Å². The van der Waals surface area contributed by atoms with Gasteiger partial charge in [-0.1, -0.05) is 0 Å². The molecule has 0 spiro atoms. The first-order valence-corrected chi connectivity index (χ1v) is 7.84. The van der Waals surface area contributed by atoms with E-state index in [1.165, 1.54) is 0 Å². The Kier molecular flexibility index (Phi) is 6.54. The molecular formula is C10H18ClN3O2S. The molecular weight excluding hydrogens is 262 g/mol. The third kappa shape index (κ3) is 6.65. The van der Waals surface area contributed by atoms with Crippen LogP contribution < -0.4 is 4.72 Å². The zero-order valence-electron chi connectivity index (χ0n) is 9.65. The van der Waals surface area contributed by atoms with Crippen molar-refractivity contribution in [3.8, 4) is 0 Å². The van der Waals surface area contributed by atoms with Crippen molar-refractivity contribution in [3.63, 3.8) is 0 Å². The minimum Gasteiger partial charge on any atom is -0.349 e. The molecule has 1 aromatic rings. The number of halogens is 1. The van der Waals surface area contributed by atoms with Crippen molar-refractivity contribution in [1.82, 2.24) is 14.7 Å². The van der Waals surface area contributed by atoms with Crippen LogP contribution in [0.2, 0.25) is 0 Å². The van der Waals surface area contributed by atoms with Gasteiger partial charge in [0.1, 0.15) is 5.82 Å². The van der Waals surface area contributed by atoms with Crippen LogP contribution in [0, 0.1) is 0 Å². The van der Waals surface area contributed by atoms with Crippen molar-refractivity contribution < 1.29 is 8.42 Å². The fourth-order valence-corrected chi connectivity index (χ4v) is 2.75. The Morgan fingerprint density at radius 2 is 2.18 bits per heavy atom. The van der Waals surface area contributed by atoms with Crippen LogP contribution >= 0.6 is 11.6 Å². The average molecular weight is 280 g/mol. The van der Waals surface area contributed by atoms with Gasteiger partial charge in [-0.05, 0) is 19.3 Å². The van der Waals surface area contributed by atoms with Crippen LogP contribution in [0.3, 0.4) is 0 Å². The van der Waals surface area contributed by atoms with Gasteiger partial charge in [-0.25, -0.2) is 18.1 Å². The number of aromatic nitrogens is 2. The Bertz CT molecular complexity index is 392. The first-order valence-electron chi connectivity index (χ1n) is 5.65. The Morgan fingerprint density at radius 1 is 1.35 bits per heavy atom. The fraction of sp³-hybridized carbons (Fsp3) is 0.700. The molecule has 0 radical (unpaired) electrons. The van der Waals surface area contributed by atoms with E-state index in [0.29, 0.717) is 18.8 Å². The molecule has 0 saturated carbocycles. The molecule has 0 aromatic carbocycles. The highest BCUT2D eigenvalue weighted by molar-refractivity contribution is 7.89. The first-order chi connectivity index (χ1) is 8.14. The van der Waals surface area contributed by atoms with Gasteiger partial charge in [0.15, 0.2) is 0 Å². The maximum absolute atomic E-state index is 11.5. The minimum atomic E-state index is -3.13. The van der Waals surface area contributed by atoms with Crippen molar-refractivity contribution >= 4 is 21.6 Å². The topological polar surface area (TPSA) is 74.8 Å². The molecule has 1 heterocycles. The molecule has 1 rings (SSSR count). The van der Waals surface area contributed by atoms with E-state index in [4.69, 9.17) is 11.6 Å². The Hall–Kier alpha value is -0.590. The fourth-order valence-electron chi connectivity index (χ4n) is 1.38. The van der Waals surface area contributed by atoms with Crippen LogP contribution in [-0.4, -0.2) is 36.6 Å². The van der Waals surface area contributed by atoms with Gasteiger partial charge in [-0.15, -0.1) is 11.6 Å². The summed E-state index contributed by atoms with van der Waals surface area (Å²) in [5.41, 5.74) is 0. The summed E-state index contributed by atoms with van der Waals surface area (Å²) >= 11 is 5.49. The lowest BCUT2D eigenvalue weighted by Gasteiger charge is -2.05. The second-order valence-electron chi connectivity index (χ2n) is 3.75.